The van der Waals surface area contributed by atoms with Gasteiger partial charge in [-0.05, 0) is 38.9 Å². The highest BCUT2D eigenvalue weighted by Gasteiger charge is 2.32. The monoisotopic (exact) mass is 258 g/mol. The van der Waals surface area contributed by atoms with Crippen LogP contribution < -0.4 is 5.32 Å². The molecular weight excluding hydrogens is 240 g/mol. The summed E-state index contributed by atoms with van der Waals surface area (Å²) in [5.41, 5.74) is 1.73. The van der Waals surface area contributed by atoms with Gasteiger partial charge in [-0.3, -0.25) is 0 Å². The Kier molecular flexibility index (Phi) is 3.29. The Morgan fingerprint density at radius 2 is 2.16 bits per heavy atom. The molecule has 5 nitrogen and oxygen atoms in total. The van der Waals surface area contributed by atoms with E-state index in [4.69, 9.17) is 4.52 Å². The molecule has 3 rings (SSSR count). The topological polar surface area (TPSA) is 63.8 Å². The van der Waals surface area contributed by atoms with Gasteiger partial charge in [0.25, 0.3) is 0 Å². The molecule has 5 heteroatoms. The first kappa shape index (κ1) is 12.3. The van der Waals surface area contributed by atoms with Crippen LogP contribution in [0.4, 0.5) is 0 Å². The van der Waals surface area contributed by atoms with Crippen LogP contribution in [-0.2, 0) is 0 Å². The molecule has 1 aliphatic carbocycles. The molecule has 1 fully saturated rings. The van der Waals surface area contributed by atoms with E-state index in [1.165, 1.54) is 12.8 Å². The molecule has 0 aromatic carbocycles. The molecule has 2 atom stereocenters. The molecule has 2 aromatic rings. The van der Waals surface area contributed by atoms with Crippen LogP contribution in [0, 0.1) is 6.92 Å². The van der Waals surface area contributed by atoms with Crippen LogP contribution >= 0.6 is 0 Å². The van der Waals surface area contributed by atoms with Gasteiger partial charge in [0.15, 0.2) is 0 Å². The van der Waals surface area contributed by atoms with E-state index in [9.17, 15) is 0 Å². The Morgan fingerprint density at radius 1 is 1.26 bits per heavy atom. The van der Waals surface area contributed by atoms with Crippen molar-refractivity contribution in [1.29, 1.82) is 0 Å². The second-order valence-electron chi connectivity index (χ2n) is 5.05. The highest BCUT2D eigenvalue weighted by Crippen LogP contribution is 2.34. The molecular formula is C14H18N4O. The molecule has 0 spiro atoms. The molecule has 1 N–H and O–H groups in total. The third-order valence-electron chi connectivity index (χ3n) is 3.76. The van der Waals surface area contributed by atoms with E-state index in [1.54, 1.807) is 0 Å². The highest BCUT2D eigenvalue weighted by atomic mass is 16.5. The SMILES string of the molecule is CNC1CCCC1c1nc(-c2cccc(C)n2)no1. The summed E-state index contributed by atoms with van der Waals surface area (Å²) in [7, 11) is 1.99. The van der Waals surface area contributed by atoms with Gasteiger partial charge in [0.05, 0.1) is 5.92 Å². The number of aromatic nitrogens is 3. The zero-order valence-electron chi connectivity index (χ0n) is 11.3. The molecule has 0 saturated heterocycles. The average molecular weight is 258 g/mol. The van der Waals surface area contributed by atoms with E-state index in [0.29, 0.717) is 17.8 Å². The Hall–Kier alpha value is -1.75. The predicted molar refractivity (Wildman–Crippen MR) is 71.7 cm³/mol. The van der Waals surface area contributed by atoms with Crippen molar-refractivity contribution in [3.8, 4) is 11.5 Å². The summed E-state index contributed by atoms with van der Waals surface area (Å²) in [5, 5.41) is 7.39. The third kappa shape index (κ3) is 2.38. The Labute approximate surface area is 112 Å². The Balaban J connectivity index is 1.87. The molecule has 100 valence electrons. The van der Waals surface area contributed by atoms with Gasteiger partial charge in [-0.1, -0.05) is 17.6 Å². The summed E-state index contributed by atoms with van der Waals surface area (Å²) in [4.78, 5) is 8.94. The van der Waals surface area contributed by atoms with Crippen LogP contribution in [0.2, 0.25) is 0 Å². The second kappa shape index (κ2) is 5.09. The number of hydrogen-bond donors (Lipinski definition) is 1. The quantitative estimate of drug-likeness (QED) is 0.915. The minimum atomic E-state index is 0.330. The maximum absolute atomic E-state index is 5.43. The smallest absolute Gasteiger partial charge is 0.231 e. The average Bonchev–Trinajstić information content (AvgIpc) is 3.07. The van der Waals surface area contributed by atoms with E-state index < -0.39 is 0 Å². The third-order valence-corrected chi connectivity index (χ3v) is 3.76. The van der Waals surface area contributed by atoms with E-state index >= 15 is 0 Å². The fourth-order valence-electron chi connectivity index (χ4n) is 2.76. The first-order chi connectivity index (χ1) is 9.28. The minimum absolute atomic E-state index is 0.330. The normalized spacial score (nSPS) is 22.8. The first-order valence-corrected chi connectivity index (χ1v) is 6.73. The van der Waals surface area contributed by atoms with Gasteiger partial charge < -0.3 is 9.84 Å². The predicted octanol–water partition coefficient (Wildman–Crippen LogP) is 2.30. The van der Waals surface area contributed by atoms with Gasteiger partial charge in [0, 0.05) is 11.7 Å². The maximum Gasteiger partial charge on any atom is 0.231 e. The summed E-state index contributed by atoms with van der Waals surface area (Å²) in [6.07, 6.45) is 3.48. The van der Waals surface area contributed by atoms with E-state index in [2.05, 4.69) is 20.4 Å². The van der Waals surface area contributed by atoms with Crippen LogP contribution in [0.3, 0.4) is 0 Å². The molecule has 2 unspecified atom stereocenters. The zero-order valence-corrected chi connectivity index (χ0v) is 11.3. The van der Waals surface area contributed by atoms with Gasteiger partial charge in [-0.15, -0.1) is 0 Å². The van der Waals surface area contributed by atoms with Crippen molar-refractivity contribution in [3.63, 3.8) is 0 Å². The number of pyridine rings is 1. The second-order valence-corrected chi connectivity index (χ2v) is 5.05. The van der Waals surface area contributed by atoms with Crippen molar-refractivity contribution in [2.75, 3.05) is 7.05 Å². The zero-order chi connectivity index (χ0) is 13.2. The van der Waals surface area contributed by atoms with Gasteiger partial charge >= 0.3 is 0 Å². The Bertz CT molecular complexity index is 566. The molecule has 0 amide bonds. The molecule has 1 aliphatic rings. The summed E-state index contributed by atoms with van der Waals surface area (Å²) >= 11 is 0. The number of hydrogen-bond acceptors (Lipinski definition) is 5. The summed E-state index contributed by atoms with van der Waals surface area (Å²) in [6, 6.07) is 6.27. The van der Waals surface area contributed by atoms with Crippen molar-refractivity contribution in [2.24, 2.45) is 0 Å². The van der Waals surface area contributed by atoms with Gasteiger partial charge in [-0.2, -0.15) is 4.98 Å². The van der Waals surface area contributed by atoms with Gasteiger partial charge in [0.2, 0.25) is 11.7 Å². The minimum Gasteiger partial charge on any atom is -0.339 e. The molecule has 0 aliphatic heterocycles. The van der Waals surface area contributed by atoms with Crippen LogP contribution in [0.1, 0.15) is 36.8 Å². The number of rotatable bonds is 3. The summed E-state index contributed by atoms with van der Waals surface area (Å²) in [6.45, 7) is 1.96. The molecule has 19 heavy (non-hydrogen) atoms. The van der Waals surface area contributed by atoms with Crippen molar-refractivity contribution >= 4 is 0 Å². The molecule has 2 aromatic heterocycles. The highest BCUT2D eigenvalue weighted by molar-refractivity contribution is 5.48. The van der Waals surface area contributed by atoms with E-state index in [1.807, 2.05) is 32.2 Å². The van der Waals surface area contributed by atoms with Crippen molar-refractivity contribution in [3.05, 3.63) is 29.8 Å². The lowest BCUT2D eigenvalue weighted by atomic mass is 10.0. The lowest BCUT2D eigenvalue weighted by Gasteiger charge is -2.14. The number of nitrogens with zero attached hydrogens (tertiary/aromatic N) is 3. The van der Waals surface area contributed by atoms with Crippen LogP contribution in [0.25, 0.3) is 11.5 Å². The number of likely N-dealkylation sites (N-methyl/N-ethyl adjacent to an activating group) is 1. The lowest BCUT2D eigenvalue weighted by Crippen LogP contribution is -2.27. The first-order valence-electron chi connectivity index (χ1n) is 6.73. The van der Waals surface area contributed by atoms with Gasteiger partial charge in [-0.25, -0.2) is 4.98 Å². The number of nitrogens with one attached hydrogen (secondary N) is 1. The standard InChI is InChI=1S/C14H18N4O/c1-9-5-3-8-12(16-9)13-17-14(19-18-13)10-6-4-7-11(10)15-2/h3,5,8,10-11,15H,4,6-7H2,1-2H3. The fraction of sp³-hybridized carbons (Fsp3) is 0.500. The van der Waals surface area contributed by atoms with Crippen molar-refractivity contribution in [1.82, 2.24) is 20.4 Å². The van der Waals surface area contributed by atoms with E-state index in [-0.39, 0.29) is 0 Å². The molecule has 1 saturated carbocycles. The fourth-order valence-corrected chi connectivity index (χ4v) is 2.76. The van der Waals surface area contributed by atoms with Crippen LogP contribution in [0.5, 0.6) is 0 Å². The molecule has 2 heterocycles. The summed E-state index contributed by atoms with van der Waals surface area (Å²) < 4.78 is 5.43. The van der Waals surface area contributed by atoms with Gasteiger partial charge in [0.1, 0.15) is 5.69 Å². The largest absolute Gasteiger partial charge is 0.339 e. The van der Waals surface area contributed by atoms with Crippen molar-refractivity contribution in [2.45, 2.75) is 38.1 Å². The van der Waals surface area contributed by atoms with Crippen molar-refractivity contribution < 1.29 is 4.52 Å². The lowest BCUT2D eigenvalue weighted by molar-refractivity contribution is 0.335. The molecule has 0 bridgehead atoms. The van der Waals surface area contributed by atoms with Crippen LogP contribution in [-0.4, -0.2) is 28.2 Å². The Morgan fingerprint density at radius 3 is 2.95 bits per heavy atom. The summed E-state index contributed by atoms with van der Waals surface area (Å²) in [5.74, 6) is 1.65. The number of aryl methyl sites for hydroxylation is 1. The van der Waals surface area contributed by atoms with E-state index in [0.717, 1.165) is 23.7 Å². The maximum atomic E-state index is 5.43. The molecule has 0 radical (unpaired) electrons. The van der Waals surface area contributed by atoms with Crippen LogP contribution in [0.15, 0.2) is 22.7 Å².